The number of nitrogens with one attached hydrogen (secondary N) is 1. The first-order valence-electron chi connectivity index (χ1n) is 8.59. The van der Waals surface area contributed by atoms with Crippen molar-refractivity contribution < 1.29 is 19.4 Å². The summed E-state index contributed by atoms with van der Waals surface area (Å²) in [6.07, 6.45) is 3.62. The van der Waals surface area contributed by atoms with Crippen LogP contribution in [0.1, 0.15) is 42.5 Å². The number of carbonyl (C=O) groups is 2. The lowest BCUT2D eigenvalue weighted by Gasteiger charge is -2.28. The van der Waals surface area contributed by atoms with Crippen LogP contribution in [-0.2, 0) is 9.53 Å². The predicted molar refractivity (Wildman–Crippen MR) is 92.5 cm³/mol. The number of ether oxygens (including phenoxy) is 1. The van der Waals surface area contributed by atoms with Crippen LogP contribution in [0.2, 0.25) is 0 Å². The van der Waals surface area contributed by atoms with Gasteiger partial charge in [-0.3, -0.25) is 9.59 Å². The molecule has 0 spiro atoms. The third-order valence-corrected chi connectivity index (χ3v) is 4.11. The van der Waals surface area contributed by atoms with Gasteiger partial charge in [-0.15, -0.1) is 0 Å². The summed E-state index contributed by atoms with van der Waals surface area (Å²) in [5.74, 6) is -0.808. The largest absolute Gasteiger partial charge is 0.481 e. The third-order valence-electron chi connectivity index (χ3n) is 4.11. The molecule has 1 aliphatic heterocycles. The van der Waals surface area contributed by atoms with E-state index < -0.39 is 5.97 Å². The molecule has 1 aromatic rings. The van der Waals surface area contributed by atoms with Crippen molar-refractivity contribution in [3.8, 4) is 0 Å². The van der Waals surface area contributed by atoms with Crippen LogP contribution in [0, 0.1) is 0 Å². The molecule has 0 bridgehead atoms. The van der Waals surface area contributed by atoms with Gasteiger partial charge in [-0.1, -0.05) is 12.8 Å². The summed E-state index contributed by atoms with van der Waals surface area (Å²) >= 11 is 0. The Bertz CT molecular complexity index is 524. The van der Waals surface area contributed by atoms with Gasteiger partial charge in [0.05, 0.1) is 13.2 Å². The van der Waals surface area contributed by atoms with E-state index in [0.29, 0.717) is 18.5 Å². The number of nitrogens with zero attached hydrogens (tertiary/aromatic N) is 1. The van der Waals surface area contributed by atoms with E-state index in [1.165, 1.54) is 0 Å². The number of morpholine rings is 1. The topological polar surface area (TPSA) is 78.9 Å². The maximum atomic E-state index is 12.1. The average molecular weight is 334 g/mol. The summed E-state index contributed by atoms with van der Waals surface area (Å²) in [5.41, 5.74) is 1.78. The van der Waals surface area contributed by atoms with Crippen molar-refractivity contribution in [3.05, 3.63) is 29.8 Å². The van der Waals surface area contributed by atoms with E-state index in [4.69, 9.17) is 9.84 Å². The minimum atomic E-state index is -0.746. The Balaban J connectivity index is 1.66. The highest BCUT2D eigenvalue weighted by atomic mass is 16.5. The van der Waals surface area contributed by atoms with Crippen LogP contribution in [0.25, 0.3) is 0 Å². The van der Waals surface area contributed by atoms with Crippen LogP contribution in [0.5, 0.6) is 0 Å². The molecule has 6 nitrogen and oxygen atoms in total. The quantitative estimate of drug-likeness (QED) is 0.678. The van der Waals surface area contributed by atoms with Crippen molar-refractivity contribution in [1.29, 1.82) is 0 Å². The SMILES string of the molecule is O=C(O)CCCCCCNC(=O)c1ccc(N2CCOCC2)cc1. The maximum absolute atomic E-state index is 12.1. The van der Waals surface area contributed by atoms with Crippen LogP contribution < -0.4 is 10.2 Å². The fourth-order valence-electron chi connectivity index (χ4n) is 2.70. The predicted octanol–water partition coefficient (Wildman–Crippen LogP) is 2.29. The molecular weight excluding hydrogens is 308 g/mol. The molecule has 0 aromatic heterocycles. The van der Waals surface area contributed by atoms with Gasteiger partial charge in [-0.25, -0.2) is 0 Å². The molecule has 2 N–H and O–H groups in total. The second-order valence-corrected chi connectivity index (χ2v) is 5.96. The van der Waals surface area contributed by atoms with Gasteiger partial charge in [0.15, 0.2) is 0 Å². The molecular formula is C18H26N2O4. The molecule has 0 atom stereocenters. The number of rotatable bonds is 9. The third kappa shape index (κ3) is 6.20. The number of hydrogen-bond donors (Lipinski definition) is 2. The summed E-state index contributed by atoms with van der Waals surface area (Å²) in [6, 6.07) is 7.66. The van der Waals surface area contributed by atoms with Gasteiger partial charge in [0.1, 0.15) is 0 Å². The lowest BCUT2D eigenvalue weighted by molar-refractivity contribution is -0.137. The summed E-state index contributed by atoms with van der Waals surface area (Å²) in [6.45, 7) is 3.88. The van der Waals surface area contributed by atoms with Gasteiger partial charge in [-0.2, -0.15) is 0 Å². The molecule has 132 valence electrons. The lowest BCUT2D eigenvalue weighted by atomic mass is 10.1. The molecule has 1 fully saturated rings. The van der Waals surface area contributed by atoms with E-state index >= 15 is 0 Å². The standard InChI is InChI=1S/C18H26N2O4/c21-17(22)5-3-1-2-4-10-19-18(23)15-6-8-16(9-7-15)20-11-13-24-14-12-20/h6-9H,1-5,10-14H2,(H,19,23)(H,21,22). The Labute approximate surface area is 142 Å². The second-order valence-electron chi connectivity index (χ2n) is 5.96. The Morgan fingerprint density at radius 3 is 2.38 bits per heavy atom. The molecule has 0 unspecified atom stereocenters. The van der Waals surface area contributed by atoms with Crippen molar-refractivity contribution in [1.82, 2.24) is 5.32 Å². The number of hydrogen-bond acceptors (Lipinski definition) is 4. The summed E-state index contributed by atoms with van der Waals surface area (Å²) in [5, 5.41) is 11.5. The molecule has 0 saturated carbocycles. The minimum Gasteiger partial charge on any atom is -0.481 e. The Kier molecular flexibility index (Phi) is 7.55. The molecule has 1 saturated heterocycles. The van der Waals surface area contributed by atoms with Crippen LogP contribution >= 0.6 is 0 Å². The zero-order valence-electron chi connectivity index (χ0n) is 14.0. The molecule has 1 heterocycles. The number of carboxylic acid groups (broad SMARTS) is 1. The number of carboxylic acids is 1. The van der Waals surface area contributed by atoms with Gasteiger partial charge in [0.25, 0.3) is 5.91 Å². The lowest BCUT2D eigenvalue weighted by Crippen LogP contribution is -2.36. The Hall–Kier alpha value is -2.08. The molecule has 0 radical (unpaired) electrons. The van der Waals surface area contributed by atoms with E-state index in [1.54, 1.807) is 0 Å². The van der Waals surface area contributed by atoms with E-state index in [-0.39, 0.29) is 12.3 Å². The highest BCUT2D eigenvalue weighted by Crippen LogP contribution is 2.16. The number of carbonyl (C=O) groups excluding carboxylic acids is 1. The number of anilines is 1. The zero-order chi connectivity index (χ0) is 17.2. The smallest absolute Gasteiger partial charge is 0.303 e. The van der Waals surface area contributed by atoms with Crippen molar-refractivity contribution >= 4 is 17.6 Å². The van der Waals surface area contributed by atoms with Crippen molar-refractivity contribution in [3.63, 3.8) is 0 Å². The zero-order valence-corrected chi connectivity index (χ0v) is 14.0. The molecule has 1 aliphatic rings. The van der Waals surface area contributed by atoms with E-state index in [9.17, 15) is 9.59 Å². The molecule has 0 aliphatic carbocycles. The van der Waals surface area contributed by atoms with E-state index in [0.717, 1.165) is 51.3 Å². The summed E-state index contributed by atoms with van der Waals surface area (Å²) in [4.78, 5) is 24.7. The highest BCUT2D eigenvalue weighted by Gasteiger charge is 2.12. The second kappa shape index (κ2) is 9.93. The molecule has 6 heteroatoms. The highest BCUT2D eigenvalue weighted by molar-refractivity contribution is 5.94. The van der Waals surface area contributed by atoms with Gasteiger partial charge in [-0.05, 0) is 37.1 Å². The fraction of sp³-hybridized carbons (Fsp3) is 0.556. The maximum Gasteiger partial charge on any atom is 0.303 e. The normalized spacial score (nSPS) is 14.4. The van der Waals surface area contributed by atoms with Crippen molar-refractivity contribution in [2.45, 2.75) is 32.1 Å². The van der Waals surface area contributed by atoms with Crippen molar-refractivity contribution in [2.24, 2.45) is 0 Å². The first-order valence-corrected chi connectivity index (χ1v) is 8.59. The number of unbranched alkanes of at least 4 members (excludes halogenated alkanes) is 3. The Morgan fingerprint density at radius 2 is 1.71 bits per heavy atom. The van der Waals surface area contributed by atoms with Crippen molar-refractivity contribution in [2.75, 3.05) is 37.7 Å². The summed E-state index contributed by atoms with van der Waals surface area (Å²) < 4.78 is 5.34. The van der Waals surface area contributed by atoms with Crippen LogP contribution in [0.15, 0.2) is 24.3 Å². The van der Waals surface area contributed by atoms with Gasteiger partial charge in [0, 0.05) is 37.3 Å². The minimum absolute atomic E-state index is 0.0611. The van der Waals surface area contributed by atoms with Gasteiger partial charge >= 0.3 is 5.97 Å². The first-order chi connectivity index (χ1) is 11.7. The first kappa shape index (κ1) is 18.3. The number of benzene rings is 1. The van der Waals surface area contributed by atoms with E-state index in [1.807, 2.05) is 24.3 Å². The molecule has 1 amide bonds. The average Bonchev–Trinajstić information content (AvgIpc) is 2.61. The molecule has 24 heavy (non-hydrogen) atoms. The number of aliphatic carboxylic acids is 1. The Morgan fingerprint density at radius 1 is 1.04 bits per heavy atom. The van der Waals surface area contributed by atoms with Crippen LogP contribution in [0.4, 0.5) is 5.69 Å². The van der Waals surface area contributed by atoms with Crippen LogP contribution in [0.3, 0.4) is 0 Å². The van der Waals surface area contributed by atoms with E-state index in [2.05, 4.69) is 10.2 Å². The van der Waals surface area contributed by atoms with Gasteiger partial charge in [0.2, 0.25) is 0 Å². The molecule has 1 aromatic carbocycles. The monoisotopic (exact) mass is 334 g/mol. The summed E-state index contributed by atoms with van der Waals surface area (Å²) in [7, 11) is 0. The number of amides is 1. The van der Waals surface area contributed by atoms with Crippen LogP contribution in [-0.4, -0.2) is 49.8 Å². The fourth-order valence-corrected chi connectivity index (χ4v) is 2.70. The molecule has 2 rings (SSSR count). The van der Waals surface area contributed by atoms with Gasteiger partial charge < -0.3 is 20.1 Å².